The van der Waals surface area contributed by atoms with Crippen molar-refractivity contribution in [3.05, 3.63) is 75.2 Å². The lowest BCUT2D eigenvalue weighted by molar-refractivity contribution is -0.129. The number of halogens is 3. The quantitative estimate of drug-likeness (QED) is 0.599. The van der Waals surface area contributed by atoms with Crippen molar-refractivity contribution in [3.8, 4) is 0 Å². The molecule has 6 heteroatoms. The first-order valence-corrected chi connectivity index (χ1v) is 7.03. The van der Waals surface area contributed by atoms with Crippen LogP contribution in [0.2, 0.25) is 10.0 Å². The molecule has 0 aromatic heterocycles. The first kappa shape index (κ1) is 14.8. The van der Waals surface area contributed by atoms with Crippen LogP contribution in [0.25, 0.3) is 6.08 Å². The summed E-state index contributed by atoms with van der Waals surface area (Å²) in [7, 11) is 0. The van der Waals surface area contributed by atoms with Crippen molar-refractivity contribution in [2.24, 2.45) is 4.99 Å². The summed E-state index contributed by atoms with van der Waals surface area (Å²) in [4.78, 5) is 16.0. The SMILES string of the molecule is O=C1OC(c2cccc(Cl)c2Cl)=NC1=Cc1cccc(F)c1. The highest BCUT2D eigenvalue weighted by atomic mass is 35.5. The summed E-state index contributed by atoms with van der Waals surface area (Å²) in [5.74, 6) is -0.960. The Morgan fingerprint density at radius 1 is 1.14 bits per heavy atom. The van der Waals surface area contributed by atoms with Gasteiger partial charge in [-0.3, -0.25) is 0 Å². The van der Waals surface area contributed by atoms with E-state index in [1.165, 1.54) is 18.2 Å². The molecule has 22 heavy (non-hydrogen) atoms. The van der Waals surface area contributed by atoms with Crippen LogP contribution in [0.1, 0.15) is 11.1 Å². The molecule has 1 aliphatic rings. The highest BCUT2D eigenvalue weighted by Crippen LogP contribution is 2.29. The summed E-state index contributed by atoms with van der Waals surface area (Å²) in [5, 5.41) is 0.586. The summed E-state index contributed by atoms with van der Waals surface area (Å²) >= 11 is 12.0. The molecule has 0 amide bonds. The van der Waals surface area contributed by atoms with E-state index in [4.69, 9.17) is 27.9 Å². The molecule has 2 aromatic carbocycles. The topological polar surface area (TPSA) is 38.7 Å². The molecule has 0 unspecified atom stereocenters. The molecule has 0 atom stereocenters. The molecule has 2 aromatic rings. The van der Waals surface area contributed by atoms with E-state index in [0.29, 0.717) is 16.1 Å². The van der Waals surface area contributed by atoms with E-state index in [1.54, 1.807) is 30.3 Å². The number of aliphatic imine (C=N–C) groups is 1. The molecule has 0 spiro atoms. The van der Waals surface area contributed by atoms with Crippen LogP contribution >= 0.6 is 23.2 Å². The molecule has 0 saturated carbocycles. The van der Waals surface area contributed by atoms with Gasteiger partial charge in [0.15, 0.2) is 5.70 Å². The minimum Gasteiger partial charge on any atom is -0.402 e. The number of ether oxygens (including phenoxy) is 1. The monoisotopic (exact) mass is 335 g/mol. The summed E-state index contributed by atoms with van der Waals surface area (Å²) in [6, 6.07) is 10.7. The highest BCUT2D eigenvalue weighted by molar-refractivity contribution is 6.44. The summed E-state index contributed by atoms with van der Waals surface area (Å²) < 4.78 is 18.3. The van der Waals surface area contributed by atoms with Gasteiger partial charge in [0.2, 0.25) is 5.90 Å². The van der Waals surface area contributed by atoms with Crippen molar-refractivity contribution >= 4 is 41.1 Å². The Kier molecular flexibility index (Phi) is 3.96. The third-order valence-electron chi connectivity index (χ3n) is 2.95. The predicted octanol–water partition coefficient (Wildman–Crippen LogP) is 4.48. The largest absolute Gasteiger partial charge is 0.402 e. The molecular weight excluding hydrogens is 328 g/mol. The van der Waals surface area contributed by atoms with Crippen LogP contribution in [0.5, 0.6) is 0 Å². The normalized spacial score (nSPS) is 15.9. The van der Waals surface area contributed by atoms with E-state index in [2.05, 4.69) is 4.99 Å². The number of benzene rings is 2. The zero-order chi connectivity index (χ0) is 15.7. The van der Waals surface area contributed by atoms with Gasteiger partial charge in [-0.15, -0.1) is 0 Å². The molecule has 0 fully saturated rings. The standard InChI is InChI=1S/C16H8Cl2FNO2/c17-12-6-2-5-11(14(12)18)15-20-13(16(21)22-15)8-9-3-1-4-10(19)7-9/h1-8H. The Morgan fingerprint density at radius 3 is 2.68 bits per heavy atom. The minimum absolute atomic E-state index is 0.0663. The predicted molar refractivity (Wildman–Crippen MR) is 83.5 cm³/mol. The van der Waals surface area contributed by atoms with Crippen LogP contribution in [0.4, 0.5) is 4.39 Å². The summed E-state index contributed by atoms with van der Waals surface area (Å²) in [6.45, 7) is 0. The molecule has 0 saturated heterocycles. The van der Waals surface area contributed by atoms with Gasteiger partial charge in [0.25, 0.3) is 0 Å². The van der Waals surface area contributed by atoms with Gasteiger partial charge < -0.3 is 4.74 Å². The van der Waals surface area contributed by atoms with E-state index in [0.717, 1.165) is 0 Å². The molecule has 3 rings (SSSR count). The zero-order valence-corrected chi connectivity index (χ0v) is 12.5. The van der Waals surface area contributed by atoms with E-state index >= 15 is 0 Å². The number of cyclic esters (lactones) is 1. The molecule has 3 nitrogen and oxygen atoms in total. The second-order valence-corrected chi connectivity index (χ2v) is 5.28. The Bertz CT molecular complexity index is 831. The van der Waals surface area contributed by atoms with Gasteiger partial charge in [-0.1, -0.05) is 41.4 Å². The van der Waals surface area contributed by atoms with Gasteiger partial charge in [-0.2, -0.15) is 0 Å². The lowest BCUT2D eigenvalue weighted by Crippen LogP contribution is -2.06. The van der Waals surface area contributed by atoms with E-state index in [9.17, 15) is 9.18 Å². The molecule has 110 valence electrons. The van der Waals surface area contributed by atoms with Crippen molar-refractivity contribution in [2.45, 2.75) is 0 Å². The Labute approximate surface area is 135 Å². The number of esters is 1. The fourth-order valence-electron chi connectivity index (χ4n) is 1.95. The van der Waals surface area contributed by atoms with Crippen LogP contribution in [-0.4, -0.2) is 11.9 Å². The fraction of sp³-hybridized carbons (Fsp3) is 0. The second kappa shape index (κ2) is 5.91. The van der Waals surface area contributed by atoms with Gasteiger partial charge in [0, 0.05) is 0 Å². The van der Waals surface area contributed by atoms with Gasteiger partial charge in [0.05, 0.1) is 15.6 Å². The van der Waals surface area contributed by atoms with Crippen molar-refractivity contribution < 1.29 is 13.9 Å². The van der Waals surface area contributed by atoms with Crippen LogP contribution in [0.3, 0.4) is 0 Å². The van der Waals surface area contributed by atoms with Crippen molar-refractivity contribution in [2.75, 3.05) is 0 Å². The zero-order valence-electron chi connectivity index (χ0n) is 11.0. The number of hydrogen-bond donors (Lipinski definition) is 0. The molecule has 1 aliphatic heterocycles. The maximum atomic E-state index is 13.2. The van der Waals surface area contributed by atoms with E-state index in [-0.39, 0.29) is 16.6 Å². The molecular formula is C16H8Cl2FNO2. The first-order chi connectivity index (χ1) is 10.5. The van der Waals surface area contributed by atoms with Crippen LogP contribution < -0.4 is 0 Å². The number of hydrogen-bond acceptors (Lipinski definition) is 3. The number of carbonyl (C=O) groups is 1. The van der Waals surface area contributed by atoms with Gasteiger partial charge >= 0.3 is 5.97 Å². The molecule has 1 heterocycles. The van der Waals surface area contributed by atoms with E-state index in [1.807, 2.05) is 0 Å². The third-order valence-corrected chi connectivity index (χ3v) is 3.77. The number of rotatable bonds is 2. The minimum atomic E-state index is -0.629. The van der Waals surface area contributed by atoms with Crippen molar-refractivity contribution in [3.63, 3.8) is 0 Å². The van der Waals surface area contributed by atoms with Gasteiger partial charge in [-0.05, 0) is 35.9 Å². The summed E-state index contributed by atoms with van der Waals surface area (Å²) in [5.41, 5.74) is 0.996. The molecule has 0 N–H and O–H groups in total. The van der Waals surface area contributed by atoms with Crippen LogP contribution in [0.15, 0.2) is 53.2 Å². The molecule has 0 bridgehead atoms. The van der Waals surface area contributed by atoms with Crippen LogP contribution in [0, 0.1) is 5.82 Å². The molecule has 0 radical (unpaired) electrons. The first-order valence-electron chi connectivity index (χ1n) is 6.27. The fourth-order valence-corrected chi connectivity index (χ4v) is 2.33. The van der Waals surface area contributed by atoms with Gasteiger partial charge in [0.1, 0.15) is 5.82 Å². The lowest BCUT2D eigenvalue weighted by atomic mass is 10.2. The Hall–Kier alpha value is -2.17. The summed E-state index contributed by atoms with van der Waals surface area (Å²) in [6.07, 6.45) is 1.44. The maximum absolute atomic E-state index is 13.2. The average molecular weight is 336 g/mol. The van der Waals surface area contributed by atoms with E-state index < -0.39 is 11.8 Å². The lowest BCUT2D eigenvalue weighted by Gasteiger charge is -2.03. The van der Waals surface area contributed by atoms with Crippen molar-refractivity contribution in [1.29, 1.82) is 0 Å². The number of carbonyl (C=O) groups excluding carboxylic acids is 1. The smallest absolute Gasteiger partial charge is 0.363 e. The number of nitrogens with zero attached hydrogens (tertiary/aromatic N) is 1. The van der Waals surface area contributed by atoms with Crippen molar-refractivity contribution in [1.82, 2.24) is 0 Å². The maximum Gasteiger partial charge on any atom is 0.363 e. The van der Waals surface area contributed by atoms with Gasteiger partial charge in [-0.25, -0.2) is 14.2 Å². The Morgan fingerprint density at radius 2 is 1.91 bits per heavy atom. The molecule has 0 aliphatic carbocycles. The average Bonchev–Trinajstić information content (AvgIpc) is 2.83. The Balaban J connectivity index is 2.00. The second-order valence-electron chi connectivity index (χ2n) is 4.49. The van der Waals surface area contributed by atoms with Crippen LogP contribution in [-0.2, 0) is 9.53 Å². The highest BCUT2D eigenvalue weighted by Gasteiger charge is 2.26. The third kappa shape index (κ3) is 2.89.